The third-order valence-electron chi connectivity index (χ3n) is 4.81. The minimum atomic E-state index is -0.554. The minimum Gasteiger partial charge on any atom is -0.460 e. The van der Waals surface area contributed by atoms with Gasteiger partial charge in [-0.15, -0.1) is 5.10 Å². The van der Waals surface area contributed by atoms with E-state index < -0.39 is 11.5 Å². The summed E-state index contributed by atoms with van der Waals surface area (Å²) >= 11 is 0. The number of nitrogens with one attached hydrogen (secondary N) is 2. The Morgan fingerprint density at radius 2 is 1.93 bits per heavy atom. The maximum absolute atomic E-state index is 12.5. The van der Waals surface area contributed by atoms with Gasteiger partial charge in [0.2, 0.25) is 5.91 Å². The first kappa shape index (κ1) is 17.0. The molecule has 0 aliphatic rings. The number of benzene rings is 1. The van der Waals surface area contributed by atoms with Crippen LogP contribution in [0.4, 0.5) is 5.95 Å². The zero-order valence-corrected chi connectivity index (χ0v) is 15.3. The number of aromatic nitrogens is 4. The fraction of sp³-hybridized carbons (Fsp3) is 0.278. The van der Waals surface area contributed by atoms with Gasteiger partial charge >= 0.3 is 5.63 Å². The van der Waals surface area contributed by atoms with Gasteiger partial charge in [-0.1, -0.05) is 5.10 Å². The highest BCUT2D eigenvalue weighted by atomic mass is 16.4. The molecule has 0 radical (unpaired) electrons. The zero-order valence-electron chi connectivity index (χ0n) is 15.3. The Bertz CT molecular complexity index is 1250. The molecule has 0 fully saturated rings. The Kier molecular flexibility index (Phi) is 3.79. The highest BCUT2D eigenvalue weighted by molar-refractivity contribution is 6.07. The Morgan fingerprint density at radius 1 is 1.15 bits per heavy atom. The van der Waals surface area contributed by atoms with Gasteiger partial charge in [-0.2, -0.15) is 5.21 Å². The van der Waals surface area contributed by atoms with Crippen LogP contribution in [0.2, 0.25) is 0 Å². The number of aryl methyl sites for hydroxylation is 4. The molecule has 27 heavy (non-hydrogen) atoms. The molecule has 0 saturated heterocycles. The molecular formula is C18H17N5O4. The van der Waals surface area contributed by atoms with E-state index in [4.69, 9.17) is 8.83 Å². The van der Waals surface area contributed by atoms with Crippen molar-refractivity contribution in [1.29, 1.82) is 0 Å². The second-order valence-corrected chi connectivity index (χ2v) is 6.51. The molecular weight excluding hydrogens is 350 g/mol. The Hall–Kier alpha value is -3.49. The van der Waals surface area contributed by atoms with E-state index in [1.807, 2.05) is 26.8 Å². The molecule has 0 aliphatic heterocycles. The lowest BCUT2D eigenvalue weighted by Gasteiger charge is -2.09. The molecule has 1 aromatic carbocycles. The number of carbonyl (C=O) groups is 1. The van der Waals surface area contributed by atoms with Crippen molar-refractivity contribution in [3.05, 3.63) is 44.5 Å². The van der Waals surface area contributed by atoms with Crippen LogP contribution < -0.4 is 10.9 Å². The number of nitrogens with zero attached hydrogens (tertiary/aromatic N) is 3. The van der Waals surface area contributed by atoms with Crippen molar-refractivity contribution in [2.75, 3.05) is 5.32 Å². The van der Waals surface area contributed by atoms with Gasteiger partial charge in [0, 0.05) is 5.39 Å². The van der Waals surface area contributed by atoms with Gasteiger partial charge in [-0.25, -0.2) is 4.79 Å². The lowest BCUT2D eigenvalue weighted by Crippen LogP contribution is -2.21. The van der Waals surface area contributed by atoms with Crippen LogP contribution in [0.15, 0.2) is 19.7 Å². The molecule has 1 amide bonds. The number of hydrogen-bond acceptors (Lipinski definition) is 7. The van der Waals surface area contributed by atoms with E-state index in [9.17, 15) is 9.59 Å². The van der Waals surface area contributed by atoms with Crippen LogP contribution >= 0.6 is 0 Å². The molecule has 3 aromatic heterocycles. The molecule has 2 N–H and O–H groups in total. The number of hydrogen-bond donors (Lipinski definition) is 2. The van der Waals surface area contributed by atoms with E-state index >= 15 is 0 Å². The SMILES string of the molecule is Cc1oc2c(c(C)cc3oc(=O)c(CC(=O)Nc4nn[nH]n4)c(C)c32)c1C. The van der Waals surface area contributed by atoms with Gasteiger partial charge in [-0.3, -0.25) is 10.1 Å². The molecule has 4 aromatic rings. The lowest BCUT2D eigenvalue weighted by atomic mass is 9.98. The summed E-state index contributed by atoms with van der Waals surface area (Å²) in [5, 5.41) is 17.1. The summed E-state index contributed by atoms with van der Waals surface area (Å²) in [5.41, 5.74) is 3.49. The molecule has 0 aliphatic carbocycles. The molecule has 0 atom stereocenters. The summed E-state index contributed by atoms with van der Waals surface area (Å²) in [6.07, 6.45) is -0.174. The van der Waals surface area contributed by atoms with Crippen molar-refractivity contribution in [3.8, 4) is 0 Å². The summed E-state index contributed by atoms with van der Waals surface area (Å²) in [7, 11) is 0. The van der Waals surface area contributed by atoms with Gasteiger partial charge in [0.15, 0.2) is 0 Å². The van der Waals surface area contributed by atoms with Crippen molar-refractivity contribution in [2.45, 2.75) is 34.1 Å². The van der Waals surface area contributed by atoms with E-state index in [1.54, 1.807) is 6.92 Å². The Balaban J connectivity index is 1.88. The number of furan rings is 1. The van der Waals surface area contributed by atoms with Crippen LogP contribution in [-0.2, 0) is 11.2 Å². The monoisotopic (exact) mass is 367 g/mol. The summed E-state index contributed by atoms with van der Waals surface area (Å²) in [6.45, 7) is 7.63. The average molecular weight is 367 g/mol. The normalized spacial score (nSPS) is 11.4. The predicted octanol–water partition coefficient (Wildman–Crippen LogP) is 2.47. The molecule has 9 nitrogen and oxygen atoms in total. The summed E-state index contributed by atoms with van der Waals surface area (Å²) in [4.78, 5) is 24.7. The number of carbonyl (C=O) groups excluding carboxylic acids is 1. The van der Waals surface area contributed by atoms with Crippen molar-refractivity contribution in [3.63, 3.8) is 0 Å². The molecule has 138 valence electrons. The van der Waals surface area contributed by atoms with Crippen molar-refractivity contribution in [1.82, 2.24) is 20.6 Å². The quantitative estimate of drug-likeness (QED) is 0.532. The van der Waals surface area contributed by atoms with Gasteiger partial charge in [0.05, 0.1) is 17.4 Å². The van der Waals surface area contributed by atoms with Gasteiger partial charge in [0.25, 0.3) is 5.95 Å². The van der Waals surface area contributed by atoms with Crippen LogP contribution in [0, 0.1) is 27.7 Å². The molecule has 3 heterocycles. The maximum Gasteiger partial charge on any atom is 0.340 e. The van der Waals surface area contributed by atoms with Crippen LogP contribution in [0.1, 0.15) is 28.0 Å². The first-order valence-corrected chi connectivity index (χ1v) is 8.35. The van der Waals surface area contributed by atoms with E-state index in [1.165, 1.54) is 0 Å². The number of H-pyrrole nitrogens is 1. The third-order valence-corrected chi connectivity index (χ3v) is 4.81. The second-order valence-electron chi connectivity index (χ2n) is 6.51. The molecule has 9 heteroatoms. The van der Waals surface area contributed by atoms with Crippen molar-refractivity contribution in [2.24, 2.45) is 0 Å². The van der Waals surface area contributed by atoms with Gasteiger partial charge in [-0.05, 0) is 55.7 Å². The fourth-order valence-electron chi connectivity index (χ4n) is 3.38. The Morgan fingerprint density at radius 3 is 2.63 bits per heavy atom. The molecule has 4 rings (SSSR count). The highest BCUT2D eigenvalue weighted by Gasteiger charge is 2.21. The first-order chi connectivity index (χ1) is 12.9. The highest BCUT2D eigenvalue weighted by Crippen LogP contribution is 2.36. The number of rotatable bonds is 3. The number of aromatic amines is 1. The number of anilines is 1. The Labute approximate surface area is 152 Å². The van der Waals surface area contributed by atoms with E-state index in [-0.39, 0.29) is 17.9 Å². The maximum atomic E-state index is 12.5. The largest absolute Gasteiger partial charge is 0.460 e. The summed E-state index contributed by atoms with van der Waals surface area (Å²) in [6, 6.07) is 1.83. The minimum absolute atomic E-state index is 0.0399. The van der Waals surface area contributed by atoms with E-state index in [2.05, 4.69) is 25.9 Å². The van der Waals surface area contributed by atoms with Crippen LogP contribution in [0.25, 0.3) is 21.9 Å². The predicted molar refractivity (Wildman–Crippen MR) is 97.7 cm³/mol. The van der Waals surface area contributed by atoms with Crippen LogP contribution in [-0.4, -0.2) is 26.5 Å². The number of fused-ring (bicyclic) bond motifs is 3. The summed E-state index contributed by atoms with van der Waals surface area (Å²) < 4.78 is 11.5. The van der Waals surface area contributed by atoms with Crippen molar-refractivity contribution < 1.29 is 13.6 Å². The van der Waals surface area contributed by atoms with Gasteiger partial charge in [0.1, 0.15) is 16.9 Å². The third kappa shape index (κ3) is 2.67. The second kappa shape index (κ2) is 6.04. The topological polar surface area (TPSA) is 127 Å². The van der Waals surface area contributed by atoms with Crippen LogP contribution in [0.5, 0.6) is 0 Å². The molecule has 0 bridgehead atoms. The number of amides is 1. The average Bonchev–Trinajstić information content (AvgIpc) is 3.20. The fourth-order valence-corrected chi connectivity index (χ4v) is 3.38. The molecule has 0 saturated carbocycles. The summed E-state index contributed by atoms with van der Waals surface area (Å²) in [5.74, 6) is 0.405. The first-order valence-electron chi connectivity index (χ1n) is 8.35. The van der Waals surface area contributed by atoms with Crippen LogP contribution in [0.3, 0.4) is 0 Å². The standard InChI is InChI=1S/C18H17N5O4/c1-7-5-12-15(16-14(7)8(2)10(4)26-16)9(3)11(17(25)27-12)6-13(24)19-18-20-22-23-21-18/h5H,6H2,1-4H3,(H2,19,20,21,22,23,24). The number of tetrazole rings is 1. The lowest BCUT2D eigenvalue weighted by molar-refractivity contribution is -0.115. The van der Waals surface area contributed by atoms with E-state index in [0.717, 1.165) is 22.3 Å². The molecule has 0 spiro atoms. The smallest absolute Gasteiger partial charge is 0.340 e. The van der Waals surface area contributed by atoms with E-state index in [0.29, 0.717) is 22.1 Å². The molecule has 0 unspecified atom stereocenters. The zero-order chi connectivity index (χ0) is 19.3. The van der Waals surface area contributed by atoms with Gasteiger partial charge < -0.3 is 8.83 Å². The van der Waals surface area contributed by atoms with Crippen molar-refractivity contribution >= 4 is 33.8 Å².